The normalized spacial score (nSPS) is 23.7. The maximum Gasteiger partial charge on any atom is 0.274 e. The molecular formula is C20H23N5O3S. The Hall–Kier alpha value is -2.55. The number of nitro groups is 1. The highest BCUT2D eigenvalue weighted by molar-refractivity contribution is 7.99. The van der Waals surface area contributed by atoms with Gasteiger partial charge >= 0.3 is 0 Å². The summed E-state index contributed by atoms with van der Waals surface area (Å²) in [4.78, 5) is 27.6. The number of benzene rings is 1. The van der Waals surface area contributed by atoms with Crippen LogP contribution < -0.4 is 5.32 Å². The summed E-state index contributed by atoms with van der Waals surface area (Å²) >= 11 is 1.22. The van der Waals surface area contributed by atoms with E-state index in [4.69, 9.17) is 4.98 Å². The zero-order valence-electron chi connectivity index (χ0n) is 16.9. The maximum absolute atomic E-state index is 12.3. The monoisotopic (exact) mass is 413 g/mol. The molecule has 2 aromatic rings. The van der Waals surface area contributed by atoms with E-state index in [2.05, 4.69) is 36.3 Å². The van der Waals surface area contributed by atoms with Gasteiger partial charge in [-0.3, -0.25) is 14.9 Å². The average Bonchev–Trinajstić information content (AvgIpc) is 3.00. The highest BCUT2D eigenvalue weighted by Gasteiger charge is 2.61. The number of nitrogens with zero attached hydrogens (tertiary/aromatic N) is 4. The first-order valence-corrected chi connectivity index (χ1v) is 10.5. The second-order valence-corrected chi connectivity index (χ2v) is 9.51. The van der Waals surface area contributed by atoms with Crippen molar-refractivity contribution in [2.24, 2.45) is 5.41 Å². The lowest BCUT2D eigenvalue weighted by Crippen LogP contribution is -2.32. The van der Waals surface area contributed by atoms with Gasteiger partial charge in [0.05, 0.1) is 22.1 Å². The SMILES string of the molecule is Cc1ccc(NC(=O)CSc2nnc3c(n2)[C@@]2(C)CC[C@@H]3C2(C)C)cc1[N+](=O)[O-]. The molecule has 8 nitrogen and oxygen atoms in total. The molecule has 1 amide bonds. The maximum atomic E-state index is 12.3. The van der Waals surface area contributed by atoms with Crippen molar-refractivity contribution in [1.29, 1.82) is 0 Å². The van der Waals surface area contributed by atoms with Gasteiger partial charge in [0, 0.05) is 28.7 Å². The van der Waals surface area contributed by atoms with Crippen molar-refractivity contribution in [3.63, 3.8) is 0 Å². The Labute approximate surface area is 173 Å². The number of carbonyl (C=O) groups is 1. The predicted molar refractivity (Wildman–Crippen MR) is 110 cm³/mol. The van der Waals surface area contributed by atoms with E-state index in [0.717, 1.165) is 24.2 Å². The van der Waals surface area contributed by atoms with Crippen molar-refractivity contribution in [3.05, 3.63) is 45.3 Å². The minimum absolute atomic E-state index is 0.0126. The molecule has 2 atom stereocenters. The highest BCUT2D eigenvalue weighted by atomic mass is 32.2. The summed E-state index contributed by atoms with van der Waals surface area (Å²) in [5.41, 5.74) is 3.04. The summed E-state index contributed by atoms with van der Waals surface area (Å²) in [6.07, 6.45) is 2.21. The second kappa shape index (κ2) is 6.76. The van der Waals surface area contributed by atoms with Gasteiger partial charge < -0.3 is 5.32 Å². The molecule has 1 fully saturated rings. The Morgan fingerprint density at radius 3 is 2.83 bits per heavy atom. The topological polar surface area (TPSA) is 111 Å². The standard InChI is InChI=1S/C20H23N5O3S/c1-11-5-6-12(9-14(11)25(27)28)21-15(26)10-29-18-22-17-16(23-24-18)13-7-8-20(17,4)19(13,2)3/h5-6,9,13H,7-8,10H2,1-4H3,(H,21,26)/t13-,20+/m0/s1. The van der Waals surface area contributed by atoms with Crippen LogP contribution in [0.3, 0.4) is 0 Å². The van der Waals surface area contributed by atoms with E-state index in [0.29, 0.717) is 22.3 Å². The van der Waals surface area contributed by atoms with Gasteiger partial charge in [-0.05, 0) is 31.2 Å². The zero-order valence-corrected chi connectivity index (χ0v) is 17.7. The Kier molecular flexibility index (Phi) is 4.60. The van der Waals surface area contributed by atoms with Crippen LogP contribution >= 0.6 is 11.8 Å². The molecule has 0 saturated heterocycles. The molecule has 1 saturated carbocycles. The molecule has 2 aliphatic rings. The Morgan fingerprint density at radius 1 is 1.34 bits per heavy atom. The lowest BCUT2D eigenvalue weighted by atomic mass is 9.70. The molecule has 1 aromatic carbocycles. The predicted octanol–water partition coefficient (Wildman–Crippen LogP) is 3.99. The Morgan fingerprint density at radius 2 is 2.10 bits per heavy atom. The van der Waals surface area contributed by atoms with E-state index in [-0.39, 0.29) is 28.2 Å². The second-order valence-electron chi connectivity index (χ2n) is 8.57. The van der Waals surface area contributed by atoms with Gasteiger partial charge in [-0.15, -0.1) is 5.10 Å². The van der Waals surface area contributed by atoms with Crippen LogP contribution in [0.1, 0.15) is 56.5 Å². The fraction of sp³-hybridized carbons (Fsp3) is 0.500. The molecule has 152 valence electrons. The van der Waals surface area contributed by atoms with Gasteiger partial charge in [0.15, 0.2) is 0 Å². The molecule has 2 bridgehead atoms. The number of carbonyl (C=O) groups excluding carboxylic acids is 1. The van der Waals surface area contributed by atoms with Crippen LogP contribution in [0.25, 0.3) is 0 Å². The van der Waals surface area contributed by atoms with Crippen LogP contribution in [0.4, 0.5) is 11.4 Å². The van der Waals surface area contributed by atoms with E-state index in [1.54, 1.807) is 19.1 Å². The molecule has 1 N–H and O–H groups in total. The number of aromatic nitrogens is 3. The van der Waals surface area contributed by atoms with Crippen molar-refractivity contribution in [3.8, 4) is 0 Å². The van der Waals surface area contributed by atoms with Gasteiger partial charge in [0.2, 0.25) is 11.1 Å². The molecule has 0 unspecified atom stereocenters. The molecule has 1 aromatic heterocycles. The minimum Gasteiger partial charge on any atom is -0.325 e. The number of nitrogens with one attached hydrogen (secondary N) is 1. The summed E-state index contributed by atoms with van der Waals surface area (Å²) in [6.45, 7) is 8.45. The summed E-state index contributed by atoms with van der Waals surface area (Å²) < 4.78 is 0. The molecular weight excluding hydrogens is 390 g/mol. The lowest BCUT2D eigenvalue weighted by Gasteiger charge is -2.33. The van der Waals surface area contributed by atoms with Crippen LogP contribution in [0.2, 0.25) is 0 Å². The largest absolute Gasteiger partial charge is 0.325 e. The molecule has 1 heterocycles. The first-order valence-electron chi connectivity index (χ1n) is 9.56. The van der Waals surface area contributed by atoms with Crippen LogP contribution in [0.15, 0.2) is 23.4 Å². The number of aryl methyl sites for hydroxylation is 1. The third-order valence-corrected chi connectivity index (χ3v) is 7.63. The van der Waals surface area contributed by atoms with Crippen molar-refractivity contribution in [2.45, 2.75) is 57.0 Å². The summed E-state index contributed by atoms with van der Waals surface area (Å²) in [7, 11) is 0. The summed E-state index contributed by atoms with van der Waals surface area (Å²) in [6, 6.07) is 4.63. The number of anilines is 1. The molecule has 4 rings (SSSR count). The lowest BCUT2D eigenvalue weighted by molar-refractivity contribution is -0.385. The Balaban J connectivity index is 1.44. The number of nitro benzene ring substituents is 1. The first kappa shape index (κ1) is 19.8. The van der Waals surface area contributed by atoms with Gasteiger partial charge in [-0.2, -0.15) is 5.10 Å². The smallest absolute Gasteiger partial charge is 0.274 e. The fourth-order valence-corrected chi connectivity index (χ4v) is 5.22. The molecule has 0 radical (unpaired) electrons. The number of hydrogen-bond donors (Lipinski definition) is 1. The number of rotatable bonds is 5. The van der Waals surface area contributed by atoms with Crippen molar-refractivity contribution < 1.29 is 9.72 Å². The van der Waals surface area contributed by atoms with Crippen molar-refractivity contribution in [1.82, 2.24) is 15.2 Å². The molecule has 29 heavy (non-hydrogen) atoms. The van der Waals surface area contributed by atoms with Crippen LogP contribution in [0.5, 0.6) is 0 Å². The van der Waals surface area contributed by atoms with E-state index >= 15 is 0 Å². The summed E-state index contributed by atoms with van der Waals surface area (Å²) in [5, 5.41) is 22.9. The van der Waals surface area contributed by atoms with Gasteiger partial charge in [0.25, 0.3) is 5.69 Å². The number of thioether (sulfide) groups is 1. The first-order chi connectivity index (χ1) is 13.6. The van der Waals surface area contributed by atoms with Crippen molar-refractivity contribution in [2.75, 3.05) is 11.1 Å². The molecule has 2 aliphatic carbocycles. The van der Waals surface area contributed by atoms with Gasteiger partial charge in [0.1, 0.15) is 0 Å². The molecule has 9 heteroatoms. The number of hydrogen-bond acceptors (Lipinski definition) is 7. The van der Waals surface area contributed by atoms with E-state index in [9.17, 15) is 14.9 Å². The van der Waals surface area contributed by atoms with E-state index in [1.807, 2.05) is 0 Å². The van der Waals surface area contributed by atoms with Crippen LogP contribution in [-0.4, -0.2) is 31.8 Å². The highest BCUT2D eigenvalue weighted by Crippen LogP contribution is 2.66. The van der Waals surface area contributed by atoms with Crippen LogP contribution in [0, 0.1) is 22.5 Å². The number of fused-ring (bicyclic) bond motifs is 5. The molecule has 0 aliphatic heterocycles. The quantitative estimate of drug-likeness (QED) is 0.448. The average molecular weight is 414 g/mol. The fourth-order valence-electron chi connectivity index (χ4n) is 4.63. The van der Waals surface area contributed by atoms with Gasteiger partial charge in [-0.25, -0.2) is 4.98 Å². The Bertz CT molecular complexity index is 1030. The summed E-state index contributed by atoms with van der Waals surface area (Å²) in [5.74, 6) is 0.221. The van der Waals surface area contributed by atoms with Gasteiger partial charge in [-0.1, -0.05) is 38.6 Å². The third kappa shape index (κ3) is 3.08. The zero-order chi connectivity index (χ0) is 21.0. The van der Waals surface area contributed by atoms with E-state index in [1.165, 1.54) is 17.8 Å². The number of amides is 1. The molecule has 0 spiro atoms. The van der Waals surface area contributed by atoms with Crippen LogP contribution in [-0.2, 0) is 10.2 Å². The third-order valence-electron chi connectivity index (χ3n) is 6.79. The van der Waals surface area contributed by atoms with E-state index < -0.39 is 4.92 Å². The minimum atomic E-state index is -0.459. The van der Waals surface area contributed by atoms with Crippen molar-refractivity contribution >= 4 is 29.0 Å².